The van der Waals surface area contributed by atoms with E-state index in [1.54, 1.807) is 0 Å². The summed E-state index contributed by atoms with van der Waals surface area (Å²) in [6, 6.07) is 9.34. The van der Waals surface area contributed by atoms with E-state index < -0.39 is 17.9 Å². The van der Waals surface area contributed by atoms with Crippen molar-refractivity contribution < 1.29 is 9.53 Å². The average Bonchev–Trinajstić information content (AvgIpc) is 3.27. The quantitative estimate of drug-likeness (QED) is 0.535. The Bertz CT molecular complexity index is 983. The fourth-order valence-corrected chi connectivity index (χ4v) is 3.50. The molecule has 1 N–H and O–H groups in total. The van der Waals surface area contributed by atoms with E-state index in [0.717, 1.165) is 22.2 Å². The monoisotopic (exact) mass is 366 g/mol. The van der Waals surface area contributed by atoms with Crippen LogP contribution in [0.15, 0.2) is 40.8 Å². The van der Waals surface area contributed by atoms with Crippen LogP contribution in [-0.2, 0) is 16.0 Å². The number of benzene rings is 1. The van der Waals surface area contributed by atoms with E-state index in [2.05, 4.69) is 21.0 Å². The maximum atomic E-state index is 12.2. The molecule has 0 saturated heterocycles. The predicted molar refractivity (Wildman–Crippen MR) is 102 cm³/mol. The van der Waals surface area contributed by atoms with E-state index in [9.17, 15) is 10.1 Å². The van der Waals surface area contributed by atoms with Gasteiger partial charge in [0.15, 0.2) is 6.04 Å². The van der Waals surface area contributed by atoms with E-state index in [0.29, 0.717) is 11.4 Å². The Morgan fingerprint density at radius 3 is 3.00 bits per heavy atom. The van der Waals surface area contributed by atoms with Gasteiger partial charge in [-0.3, -0.25) is 4.99 Å². The van der Waals surface area contributed by atoms with Crippen LogP contribution in [0, 0.1) is 18.3 Å². The van der Waals surface area contributed by atoms with Gasteiger partial charge in [0.05, 0.1) is 13.2 Å². The smallest absolute Gasteiger partial charge is 0.330 e. The highest BCUT2D eigenvalue weighted by molar-refractivity contribution is 7.09. The number of nitrogens with zero attached hydrogens (tertiary/aromatic N) is 3. The van der Waals surface area contributed by atoms with Crippen molar-refractivity contribution in [3.8, 4) is 6.07 Å². The Morgan fingerprint density at radius 2 is 2.31 bits per heavy atom. The molecule has 6 nitrogen and oxygen atoms in total. The number of hydrogen-bond donors (Lipinski definition) is 1. The van der Waals surface area contributed by atoms with Crippen LogP contribution in [0.2, 0.25) is 0 Å². The van der Waals surface area contributed by atoms with E-state index in [4.69, 9.17) is 4.74 Å². The largest absolute Gasteiger partial charge is 0.467 e. The number of rotatable bonds is 6. The molecule has 3 rings (SSSR count). The second-order valence-corrected chi connectivity index (χ2v) is 6.72. The number of ether oxygens (including phenoxy) is 1. The first-order valence-corrected chi connectivity index (χ1v) is 8.98. The topological polar surface area (TPSA) is 91.1 Å². The second-order valence-electron chi connectivity index (χ2n) is 5.83. The fraction of sp³-hybridized carbons (Fsp3) is 0.263. The summed E-state index contributed by atoms with van der Waals surface area (Å²) in [5.74, 6) is -1.01. The normalized spacial score (nSPS) is 13.6. The summed E-state index contributed by atoms with van der Waals surface area (Å²) in [6.07, 6.45) is 3.76. The average molecular weight is 366 g/mol. The molecule has 0 saturated carbocycles. The summed E-state index contributed by atoms with van der Waals surface area (Å²) < 4.78 is 4.89. The number of hydrogen-bond acceptors (Lipinski definition) is 6. The number of H-pyrrole nitrogens is 1. The molecule has 7 heteroatoms. The van der Waals surface area contributed by atoms with Gasteiger partial charge in [-0.05, 0) is 18.6 Å². The molecular weight excluding hydrogens is 348 g/mol. The number of aromatic amines is 1. The van der Waals surface area contributed by atoms with Crippen LogP contribution in [0.4, 0.5) is 0 Å². The Morgan fingerprint density at radius 1 is 1.50 bits per heavy atom. The highest BCUT2D eigenvalue weighted by Crippen LogP contribution is 2.21. The van der Waals surface area contributed by atoms with Crippen molar-refractivity contribution in [2.45, 2.75) is 25.3 Å². The SMILES string of the molecule is COC(=O)[C@@H](Cc1c[nH]c2ccccc12)N=C[C@H](C#N)c1nc(C)cs1. The molecule has 2 aromatic heterocycles. The zero-order valence-corrected chi connectivity index (χ0v) is 15.3. The van der Waals surface area contributed by atoms with Crippen molar-refractivity contribution in [3.05, 3.63) is 52.1 Å². The minimum Gasteiger partial charge on any atom is -0.467 e. The van der Waals surface area contributed by atoms with Crippen molar-refractivity contribution in [1.29, 1.82) is 5.26 Å². The summed E-state index contributed by atoms with van der Waals surface area (Å²) in [4.78, 5) is 24.1. The standard InChI is InChI=1S/C19H18N4O2S/c1-12-11-26-18(23-12)14(8-20)10-22-17(19(24)25-2)7-13-9-21-16-6-4-3-5-15(13)16/h3-6,9-11,14,17,21H,7H2,1-2H3/t14-,17+/m0/s1. The zero-order valence-electron chi connectivity index (χ0n) is 14.5. The first kappa shape index (κ1) is 17.8. The van der Waals surface area contributed by atoms with Gasteiger partial charge in [-0.25, -0.2) is 9.78 Å². The van der Waals surface area contributed by atoms with Gasteiger partial charge >= 0.3 is 5.97 Å². The molecule has 2 heterocycles. The van der Waals surface area contributed by atoms with Gasteiger partial charge < -0.3 is 9.72 Å². The van der Waals surface area contributed by atoms with Gasteiger partial charge in [0, 0.05) is 40.8 Å². The number of aliphatic imine (C=N–C) groups is 1. The van der Waals surface area contributed by atoms with Crippen LogP contribution >= 0.6 is 11.3 Å². The summed E-state index contributed by atoms with van der Waals surface area (Å²) in [7, 11) is 1.34. The van der Waals surface area contributed by atoms with E-state index >= 15 is 0 Å². The second kappa shape index (κ2) is 7.93. The molecule has 2 atom stereocenters. The van der Waals surface area contributed by atoms with Gasteiger partial charge in [0.25, 0.3) is 0 Å². The Labute approximate surface area is 155 Å². The number of carbonyl (C=O) groups is 1. The molecule has 0 amide bonds. The number of aryl methyl sites for hydroxylation is 1. The lowest BCUT2D eigenvalue weighted by molar-refractivity contribution is -0.142. The first-order chi connectivity index (χ1) is 12.6. The Hall–Kier alpha value is -2.98. The van der Waals surface area contributed by atoms with Crippen LogP contribution in [0.25, 0.3) is 10.9 Å². The van der Waals surface area contributed by atoms with E-state index in [1.165, 1.54) is 24.7 Å². The van der Waals surface area contributed by atoms with Gasteiger partial charge in [-0.15, -0.1) is 11.3 Å². The molecule has 0 spiro atoms. The molecule has 132 valence electrons. The summed E-state index contributed by atoms with van der Waals surface area (Å²) in [5, 5.41) is 13.0. The van der Waals surface area contributed by atoms with Crippen LogP contribution in [0.5, 0.6) is 0 Å². The number of para-hydroxylation sites is 1. The number of carbonyl (C=O) groups excluding carboxylic acids is 1. The highest BCUT2D eigenvalue weighted by atomic mass is 32.1. The third kappa shape index (κ3) is 3.81. The maximum Gasteiger partial charge on any atom is 0.330 e. The van der Waals surface area contributed by atoms with Gasteiger partial charge in [0.1, 0.15) is 10.9 Å². The molecule has 0 aliphatic rings. The van der Waals surface area contributed by atoms with Crippen LogP contribution < -0.4 is 0 Å². The molecule has 0 radical (unpaired) electrons. The molecule has 1 aromatic carbocycles. The van der Waals surface area contributed by atoms with Crippen molar-refractivity contribution in [1.82, 2.24) is 9.97 Å². The highest BCUT2D eigenvalue weighted by Gasteiger charge is 2.21. The molecule has 3 aromatic rings. The summed E-state index contributed by atoms with van der Waals surface area (Å²) in [5.41, 5.74) is 2.84. The van der Waals surface area contributed by atoms with Crippen molar-refractivity contribution >= 4 is 34.4 Å². The van der Waals surface area contributed by atoms with E-state index in [-0.39, 0.29) is 0 Å². The Kier molecular flexibility index (Phi) is 5.44. The fourth-order valence-electron chi connectivity index (χ4n) is 2.70. The number of esters is 1. The number of aromatic nitrogens is 2. The molecule has 0 bridgehead atoms. The van der Waals surface area contributed by atoms with E-state index in [1.807, 2.05) is 42.8 Å². The molecule has 0 unspecified atom stereocenters. The lowest BCUT2D eigenvalue weighted by atomic mass is 10.1. The van der Waals surface area contributed by atoms with Crippen LogP contribution in [0.1, 0.15) is 22.2 Å². The summed E-state index contributed by atoms with van der Waals surface area (Å²) in [6.45, 7) is 1.87. The predicted octanol–water partition coefficient (Wildman–Crippen LogP) is 3.40. The molecule has 0 fully saturated rings. The molecule has 0 aliphatic carbocycles. The van der Waals surface area contributed by atoms with Crippen LogP contribution in [0.3, 0.4) is 0 Å². The lowest BCUT2D eigenvalue weighted by Gasteiger charge is -2.10. The molecular formula is C19H18N4O2S. The molecule has 0 aliphatic heterocycles. The summed E-state index contributed by atoms with van der Waals surface area (Å²) >= 11 is 1.41. The minimum atomic E-state index is -0.712. The van der Waals surface area contributed by atoms with Crippen LogP contribution in [-0.4, -0.2) is 35.3 Å². The number of fused-ring (bicyclic) bond motifs is 1. The minimum absolute atomic E-state index is 0.391. The zero-order chi connectivity index (χ0) is 18.5. The van der Waals surface area contributed by atoms with Crippen molar-refractivity contribution in [2.24, 2.45) is 4.99 Å². The maximum absolute atomic E-state index is 12.2. The number of nitriles is 1. The number of thiazole rings is 1. The lowest BCUT2D eigenvalue weighted by Crippen LogP contribution is -2.23. The van der Waals surface area contributed by atoms with Gasteiger partial charge in [-0.1, -0.05) is 18.2 Å². The van der Waals surface area contributed by atoms with Crippen molar-refractivity contribution in [2.75, 3.05) is 7.11 Å². The number of methoxy groups -OCH3 is 1. The first-order valence-electron chi connectivity index (χ1n) is 8.10. The van der Waals surface area contributed by atoms with Crippen molar-refractivity contribution in [3.63, 3.8) is 0 Å². The molecule has 26 heavy (non-hydrogen) atoms. The number of nitrogens with one attached hydrogen (secondary N) is 1. The van der Waals surface area contributed by atoms with Gasteiger partial charge in [-0.2, -0.15) is 5.26 Å². The van der Waals surface area contributed by atoms with Gasteiger partial charge in [0.2, 0.25) is 0 Å². The Balaban J connectivity index is 1.84. The third-order valence-electron chi connectivity index (χ3n) is 4.02. The third-order valence-corrected chi connectivity index (χ3v) is 5.06.